The van der Waals surface area contributed by atoms with Crippen LogP contribution in [0.25, 0.3) is 0 Å². The second-order valence-electron chi connectivity index (χ2n) is 8.73. The predicted molar refractivity (Wildman–Crippen MR) is 104 cm³/mol. The van der Waals surface area contributed by atoms with Crippen LogP contribution in [-0.4, -0.2) is 31.3 Å². The number of para-hydroxylation sites is 1. The first kappa shape index (κ1) is 19.0. The fraction of sp³-hybridized carbons (Fsp3) is 0.565. The van der Waals surface area contributed by atoms with Gasteiger partial charge in [0.2, 0.25) is 0 Å². The molecule has 2 aliphatic carbocycles. The summed E-state index contributed by atoms with van der Waals surface area (Å²) in [6, 6.07) is 7.11. The van der Waals surface area contributed by atoms with Crippen molar-refractivity contribution in [2.45, 2.75) is 51.7 Å². The largest absolute Gasteiger partial charge is 0.496 e. The molecule has 0 aromatic heterocycles. The minimum Gasteiger partial charge on any atom is -0.496 e. The average Bonchev–Trinajstić information content (AvgIpc) is 3.16. The van der Waals surface area contributed by atoms with Crippen LogP contribution in [0.1, 0.15) is 49.9 Å². The monoisotopic (exact) mass is 384 g/mol. The molecule has 0 amide bonds. The van der Waals surface area contributed by atoms with Gasteiger partial charge >= 0.3 is 11.9 Å². The van der Waals surface area contributed by atoms with Gasteiger partial charge in [0.25, 0.3) is 0 Å². The van der Waals surface area contributed by atoms with Crippen molar-refractivity contribution in [3.63, 3.8) is 0 Å². The van der Waals surface area contributed by atoms with Gasteiger partial charge in [0.1, 0.15) is 17.4 Å². The molecule has 4 rings (SSSR count). The van der Waals surface area contributed by atoms with E-state index in [1.165, 1.54) is 0 Å². The minimum absolute atomic E-state index is 0.00652. The van der Waals surface area contributed by atoms with Gasteiger partial charge in [-0.1, -0.05) is 25.6 Å². The number of esters is 2. The fourth-order valence-electron chi connectivity index (χ4n) is 5.42. The number of rotatable bonds is 6. The van der Waals surface area contributed by atoms with Crippen LogP contribution in [0.3, 0.4) is 0 Å². The highest BCUT2D eigenvalue weighted by atomic mass is 16.6. The standard InChI is InChI=1S/C23H28O5/c1-13(27-22(25)15-7-5-6-8-19(15)26-4)9-10-17-18-11-16-14(2)21(24)28-20(16)12-23(17,18)3/h5-8,13,16-18,20H,2,9-12H2,1,3-4H3/t13?,16-,17?,18+,20-,23-/m1/s1. The van der Waals surface area contributed by atoms with Crippen LogP contribution in [0.5, 0.6) is 5.75 Å². The molecule has 0 spiro atoms. The van der Waals surface area contributed by atoms with Crippen molar-refractivity contribution >= 4 is 11.9 Å². The molecule has 1 saturated heterocycles. The van der Waals surface area contributed by atoms with Crippen molar-refractivity contribution < 1.29 is 23.8 Å². The molecule has 3 aliphatic rings. The first-order chi connectivity index (χ1) is 13.3. The molecule has 1 aliphatic heterocycles. The molecular formula is C23H28O5. The van der Waals surface area contributed by atoms with Gasteiger partial charge < -0.3 is 14.2 Å². The lowest BCUT2D eigenvalue weighted by molar-refractivity contribution is -0.140. The molecule has 0 bridgehead atoms. The maximum Gasteiger partial charge on any atom is 0.342 e. The Kier molecular flexibility index (Phi) is 4.72. The molecule has 0 N–H and O–H groups in total. The van der Waals surface area contributed by atoms with E-state index >= 15 is 0 Å². The number of benzene rings is 1. The Morgan fingerprint density at radius 2 is 2.14 bits per heavy atom. The smallest absolute Gasteiger partial charge is 0.342 e. The first-order valence-electron chi connectivity index (χ1n) is 10.1. The average molecular weight is 384 g/mol. The van der Waals surface area contributed by atoms with Gasteiger partial charge in [0.15, 0.2) is 0 Å². The number of carbonyl (C=O) groups is 2. The number of hydrogen-bond donors (Lipinski definition) is 0. The molecular weight excluding hydrogens is 356 g/mol. The SMILES string of the molecule is C=C1C(=O)O[C@@H]2C[C@]3(C)C(CCC(C)OC(=O)c4ccccc4OC)[C@@H]3C[C@H]12. The number of ether oxygens (including phenoxy) is 3. The molecule has 1 aromatic rings. The number of carbonyl (C=O) groups excluding carboxylic acids is 2. The maximum atomic E-state index is 12.4. The van der Waals surface area contributed by atoms with Gasteiger partial charge in [-0.15, -0.1) is 0 Å². The van der Waals surface area contributed by atoms with Crippen LogP contribution in [0, 0.1) is 23.2 Å². The summed E-state index contributed by atoms with van der Waals surface area (Å²) in [4.78, 5) is 24.2. The van der Waals surface area contributed by atoms with Crippen molar-refractivity contribution in [3.05, 3.63) is 42.0 Å². The second kappa shape index (κ2) is 6.94. The van der Waals surface area contributed by atoms with Gasteiger partial charge in [-0.2, -0.15) is 0 Å². The topological polar surface area (TPSA) is 61.8 Å². The third kappa shape index (κ3) is 3.11. The zero-order valence-corrected chi connectivity index (χ0v) is 16.8. The third-order valence-electron chi connectivity index (χ3n) is 7.16. The van der Waals surface area contributed by atoms with Gasteiger partial charge in [0, 0.05) is 11.5 Å². The molecule has 1 aromatic carbocycles. The van der Waals surface area contributed by atoms with E-state index in [9.17, 15) is 9.59 Å². The molecule has 3 fully saturated rings. The summed E-state index contributed by atoms with van der Waals surface area (Å²) in [7, 11) is 1.55. The van der Waals surface area contributed by atoms with E-state index in [0.717, 1.165) is 25.7 Å². The lowest BCUT2D eigenvalue weighted by atomic mass is 9.79. The molecule has 2 saturated carbocycles. The quantitative estimate of drug-likeness (QED) is 0.544. The number of hydrogen-bond acceptors (Lipinski definition) is 5. The summed E-state index contributed by atoms with van der Waals surface area (Å²) in [5.41, 5.74) is 1.34. The van der Waals surface area contributed by atoms with E-state index in [-0.39, 0.29) is 35.5 Å². The van der Waals surface area contributed by atoms with Crippen LogP contribution in [0.4, 0.5) is 0 Å². The Morgan fingerprint density at radius 1 is 1.39 bits per heavy atom. The molecule has 6 atom stereocenters. The van der Waals surface area contributed by atoms with Crippen molar-refractivity contribution in [1.82, 2.24) is 0 Å². The van der Waals surface area contributed by atoms with Crippen LogP contribution < -0.4 is 4.74 Å². The fourth-order valence-corrected chi connectivity index (χ4v) is 5.42. The third-order valence-corrected chi connectivity index (χ3v) is 7.16. The Morgan fingerprint density at radius 3 is 2.89 bits per heavy atom. The molecule has 0 radical (unpaired) electrons. The number of fused-ring (bicyclic) bond motifs is 2. The summed E-state index contributed by atoms with van der Waals surface area (Å²) in [5, 5.41) is 0. The minimum atomic E-state index is -0.345. The van der Waals surface area contributed by atoms with E-state index in [1.807, 2.05) is 13.0 Å². The van der Waals surface area contributed by atoms with Crippen LogP contribution in [0.15, 0.2) is 36.4 Å². The molecule has 5 nitrogen and oxygen atoms in total. The van der Waals surface area contributed by atoms with E-state index < -0.39 is 0 Å². The molecule has 28 heavy (non-hydrogen) atoms. The van der Waals surface area contributed by atoms with E-state index in [2.05, 4.69) is 13.5 Å². The zero-order chi connectivity index (χ0) is 20.1. The van der Waals surface area contributed by atoms with Crippen LogP contribution in [-0.2, 0) is 14.3 Å². The molecule has 2 unspecified atom stereocenters. The van der Waals surface area contributed by atoms with E-state index in [4.69, 9.17) is 14.2 Å². The lowest BCUT2D eigenvalue weighted by Crippen LogP contribution is -2.26. The summed E-state index contributed by atoms with van der Waals surface area (Å²) >= 11 is 0. The van der Waals surface area contributed by atoms with Crippen LogP contribution in [0.2, 0.25) is 0 Å². The maximum absolute atomic E-state index is 12.4. The Hall–Kier alpha value is -2.30. The second-order valence-corrected chi connectivity index (χ2v) is 8.73. The van der Waals surface area contributed by atoms with Gasteiger partial charge in [-0.3, -0.25) is 0 Å². The van der Waals surface area contributed by atoms with Gasteiger partial charge in [-0.05, 0) is 62.0 Å². The van der Waals surface area contributed by atoms with Crippen molar-refractivity contribution in [2.75, 3.05) is 7.11 Å². The lowest BCUT2D eigenvalue weighted by Gasteiger charge is -2.27. The summed E-state index contributed by atoms with van der Waals surface area (Å²) in [5.74, 6) is 1.36. The van der Waals surface area contributed by atoms with Crippen LogP contribution >= 0.6 is 0 Å². The zero-order valence-electron chi connectivity index (χ0n) is 16.8. The highest BCUT2D eigenvalue weighted by Crippen LogP contribution is 2.70. The summed E-state index contributed by atoms with van der Waals surface area (Å²) in [6.07, 6.45) is 3.61. The van der Waals surface area contributed by atoms with E-state index in [0.29, 0.717) is 28.7 Å². The van der Waals surface area contributed by atoms with Crippen molar-refractivity contribution in [2.24, 2.45) is 23.2 Å². The highest BCUT2D eigenvalue weighted by Gasteiger charge is 2.66. The Balaban J connectivity index is 1.30. The van der Waals surface area contributed by atoms with E-state index in [1.54, 1.807) is 25.3 Å². The van der Waals surface area contributed by atoms with Gasteiger partial charge in [-0.25, -0.2) is 9.59 Å². The highest BCUT2D eigenvalue weighted by molar-refractivity contribution is 5.92. The first-order valence-corrected chi connectivity index (χ1v) is 10.1. The van der Waals surface area contributed by atoms with Gasteiger partial charge in [0.05, 0.1) is 13.2 Å². The number of methoxy groups -OCH3 is 1. The molecule has 150 valence electrons. The Bertz CT molecular complexity index is 815. The predicted octanol–water partition coefficient (Wildman–Crippen LogP) is 4.16. The van der Waals surface area contributed by atoms with Crippen molar-refractivity contribution in [3.8, 4) is 5.75 Å². The van der Waals surface area contributed by atoms with Crippen molar-refractivity contribution in [1.29, 1.82) is 0 Å². The normalized spacial score (nSPS) is 34.1. The molecule has 5 heteroatoms. The Labute approximate surface area is 166 Å². The summed E-state index contributed by atoms with van der Waals surface area (Å²) < 4.78 is 16.4. The molecule has 1 heterocycles. The summed E-state index contributed by atoms with van der Waals surface area (Å²) in [6.45, 7) is 8.18.